The number of halogens is 1. The molecule has 0 aliphatic rings. The molecule has 1 heterocycles. The summed E-state index contributed by atoms with van der Waals surface area (Å²) in [5.41, 5.74) is 2.19. The fraction of sp³-hybridized carbons (Fsp3) is 0.273. The summed E-state index contributed by atoms with van der Waals surface area (Å²) in [5.74, 6) is 2.54. The van der Waals surface area contributed by atoms with E-state index in [0.29, 0.717) is 23.9 Å². The third-order valence-corrected chi connectivity index (χ3v) is 7.10. The summed E-state index contributed by atoms with van der Waals surface area (Å²) in [4.78, 5) is 17.0. The van der Waals surface area contributed by atoms with E-state index in [-0.39, 0.29) is 12.5 Å². The number of unbranched alkanes of at least 4 members (excludes halogenated alkanes) is 2. The fourth-order valence-corrected chi connectivity index (χ4v) is 4.96. The van der Waals surface area contributed by atoms with E-state index < -0.39 is 0 Å². The first-order valence-corrected chi connectivity index (χ1v) is 14.2. The van der Waals surface area contributed by atoms with Crippen LogP contribution in [-0.4, -0.2) is 35.2 Å². The topological polar surface area (TPSA) is 65.4 Å². The molecule has 4 aromatic carbocycles. The molecule has 0 bridgehead atoms. The average molecular weight is 556 g/mol. The lowest BCUT2D eigenvalue weighted by Crippen LogP contribution is -2.29. The van der Waals surface area contributed by atoms with E-state index in [1.165, 1.54) is 5.39 Å². The first-order chi connectivity index (χ1) is 19.7. The Morgan fingerprint density at radius 1 is 0.825 bits per heavy atom. The van der Waals surface area contributed by atoms with Gasteiger partial charge in [0.15, 0.2) is 6.61 Å². The molecule has 1 N–H and O–H groups in total. The van der Waals surface area contributed by atoms with Gasteiger partial charge in [-0.2, -0.15) is 0 Å². The maximum absolute atomic E-state index is 12.1. The number of rotatable bonds is 14. The van der Waals surface area contributed by atoms with E-state index in [2.05, 4.69) is 46.3 Å². The van der Waals surface area contributed by atoms with Crippen LogP contribution in [0.2, 0.25) is 5.02 Å². The number of amides is 1. The van der Waals surface area contributed by atoms with Crippen molar-refractivity contribution in [3.8, 4) is 11.5 Å². The maximum Gasteiger partial charge on any atom is 0.257 e. The quantitative estimate of drug-likeness (QED) is 0.147. The Kier molecular flexibility index (Phi) is 9.54. The van der Waals surface area contributed by atoms with Crippen LogP contribution in [0.15, 0.2) is 91.0 Å². The van der Waals surface area contributed by atoms with E-state index in [0.717, 1.165) is 66.6 Å². The van der Waals surface area contributed by atoms with Crippen LogP contribution < -0.4 is 14.8 Å². The second-order valence-corrected chi connectivity index (χ2v) is 10.2. The van der Waals surface area contributed by atoms with Gasteiger partial charge in [-0.3, -0.25) is 4.79 Å². The molecule has 6 nitrogen and oxygen atoms in total. The standard InChI is InChI=1S/C33H34ClN3O3/c34-26-17-19-27(20-18-26)40-24-33(38)35-21-7-1-2-16-32-36-29-13-5-6-14-30(29)37(32)22-9-23-39-31-15-8-11-25-10-3-4-12-28(25)31/h3-6,8,10-15,17-20H,1-2,7,9,16,21-24H2,(H,35,38). The summed E-state index contributed by atoms with van der Waals surface area (Å²) in [6.45, 7) is 2.12. The number of ether oxygens (including phenoxy) is 2. The van der Waals surface area contributed by atoms with Crippen molar-refractivity contribution in [3.05, 3.63) is 102 Å². The van der Waals surface area contributed by atoms with Gasteiger partial charge in [0.25, 0.3) is 5.91 Å². The Morgan fingerprint density at radius 2 is 1.62 bits per heavy atom. The Morgan fingerprint density at radius 3 is 2.52 bits per heavy atom. The number of carbonyl (C=O) groups excluding carboxylic acids is 1. The van der Waals surface area contributed by atoms with Crippen molar-refractivity contribution in [1.82, 2.24) is 14.9 Å². The van der Waals surface area contributed by atoms with Crippen LogP contribution >= 0.6 is 11.6 Å². The van der Waals surface area contributed by atoms with Gasteiger partial charge in [-0.1, -0.05) is 66.6 Å². The van der Waals surface area contributed by atoms with Crippen LogP contribution in [0.5, 0.6) is 11.5 Å². The SMILES string of the molecule is O=C(COc1ccc(Cl)cc1)NCCCCCc1nc2ccccc2n1CCCOc1cccc2ccccc12. The molecule has 0 radical (unpaired) electrons. The highest BCUT2D eigenvalue weighted by molar-refractivity contribution is 6.30. The second-order valence-electron chi connectivity index (χ2n) is 9.75. The van der Waals surface area contributed by atoms with Crippen LogP contribution in [0, 0.1) is 0 Å². The van der Waals surface area contributed by atoms with Crippen LogP contribution in [0.25, 0.3) is 21.8 Å². The van der Waals surface area contributed by atoms with E-state index in [4.69, 9.17) is 26.1 Å². The Labute approximate surface area is 239 Å². The normalized spacial score (nSPS) is 11.1. The van der Waals surface area contributed by atoms with Gasteiger partial charge < -0.3 is 19.4 Å². The number of nitrogens with zero attached hydrogens (tertiary/aromatic N) is 2. The minimum absolute atomic E-state index is 0.00410. The summed E-state index contributed by atoms with van der Waals surface area (Å²) in [5, 5.41) is 5.90. The largest absolute Gasteiger partial charge is 0.493 e. The molecule has 7 heteroatoms. The van der Waals surface area contributed by atoms with Gasteiger partial charge in [0.1, 0.15) is 17.3 Å². The summed E-state index contributed by atoms with van der Waals surface area (Å²) in [7, 11) is 0. The van der Waals surface area contributed by atoms with Crippen molar-refractivity contribution in [2.24, 2.45) is 0 Å². The van der Waals surface area contributed by atoms with Gasteiger partial charge in [-0.05, 0) is 67.1 Å². The van der Waals surface area contributed by atoms with E-state index in [1.54, 1.807) is 24.3 Å². The van der Waals surface area contributed by atoms with Crippen molar-refractivity contribution in [3.63, 3.8) is 0 Å². The number of benzene rings is 4. The lowest BCUT2D eigenvalue weighted by atomic mass is 10.1. The minimum atomic E-state index is -0.123. The van der Waals surface area contributed by atoms with Gasteiger partial charge in [-0.25, -0.2) is 4.98 Å². The highest BCUT2D eigenvalue weighted by Gasteiger charge is 2.11. The van der Waals surface area contributed by atoms with Crippen molar-refractivity contribution < 1.29 is 14.3 Å². The fourth-order valence-electron chi connectivity index (χ4n) is 4.84. The highest BCUT2D eigenvalue weighted by Crippen LogP contribution is 2.25. The number of aryl methyl sites for hydroxylation is 2. The molecular formula is C33H34ClN3O3. The number of aromatic nitrogens is 2. The van der Waals surface area contributed by atoms with E-state index in [9.17, 15) is 4.79 Å². The molecule has 1 aromatic heterocycles. The number of fused-ring (bicyclic) bond motifs is 2. The molecule has 0 saturated heterocycles. The molecule has 0 spiro atoms. The van der Waals surface area contributed by atoms with Crippen molar-refractivity contribution in [2.75, 3.05) is 19.8 Å². The van der Waals surface area contributed by atoms with Crippen molar-refractivity contribution >= 4 is 39.3 Å². The van der Waals surface area contributed by atoms with Crippen molar-refractivity contribution in [2.45, 2.75) is 38.6 Å². The van der Waals surface area contributed by atoms with Gasteiger partial charge in [0.2, 0.25) is 0 Å². The second kappa shape index (κ2) is 13.9. The van der Waals surface area contributed by atoms with E-state index in [1.807, 2.05) is 30.3 Å². The van der Waals surface area contributed by atoms with Gasteiger partial charge >= 0.3 is 0 Å². The molecule has 0 aliphatic heterocycles. The third kappa shape index (κ3) is 7.33. The summed E-state index contributed by atoms with van der Waals surface area (Å²) in [6.07, 6.45) is 4.71. The first-order valence-electron chi connectivity index (χ1n) is 13.9. The molecule has 1 amide bonds. The lowest BCUT2D eigenvalue weighted by Gasteiger charge is -2.12. The smallest absolute Gasteiger partial charge is 0.257 e. The first kappa shape index (κ1) is 27.5. The Balaban J connectivity index is 1.06. The lowest BCUT2D eigenvalue weighted by molar-refractivity contribution is -0.123. The molecule has 5 rings (SSSR count). The molecular weight excluding hydrogens is 522 g/mol. The van der Waals surface area contributed by atoms with Gasteiger partial charge in [0, 0.05) is 29.9 Å². The van der Waals surface area contributed by atoms with Gasteiger partial charge in [0.05, 0.1) is 17.6 Å². The van der Waals surface area contributed by atoms with Crippen molar-refractivity contribution in [1.29, 1.82) is 0 Å². The van der Waals surface area contributed by atoms with E-state index >= 15 is 0 Å². The monoisotopic (exact) mass is 555 g/mol. The zero-order valence-electron chi connectivity index (χ0n) is 22.5. The maximum atomic E-state index is 12.1. The summed E-state index contributed by atoms with van der Waals surface area (Å²) >= 11 is 5.87. The number of hydrogen-bond acceptors (Lipinski definition) is 4. The average Bonchev–Trinajstić information content (AvgIpc) is 3.34. The molecule has 0 saturated carbocycles. The molecule has 5 aromatic rings. The number of imidazole rings is 1. The van der Waals surface area contributed by atoms with Crippen LogP contribution in [0.3, 0.4) is 0 Å². The highest BCUT2D eigenvalue weighted by atomic mass is 35.5. The molecule has 0 atom stereocenters. The Hall–Kier alpha value is -4.03. The van der Waals surface area contributed by atoms with Crippen LogP contribution in [0.1, 0.15) is 31.5 Å². The zero-order chi connectivity index (χ0) is 27.6. The summed E-state index contributed by atoms with van der Waals surface area (Å²) < 4.78 is 14.0. The zero-order valence-corrected chi connectivity index (χ0v) is 23.3. The Bertz CT molecular complexity index is 1540. The number of hydrogen-bond donors (Lipinski definition) is 1. The predicted octanol–water partition coefficient (Wildman–Crippen LogP) is 7.22. The predicted molar refractivity (Wildman–Crippen MR) is 161 cm³/mol. The molecule has 0 aliphatic carbocycles. The number of para-hydroxylation sites is 2. The third-order valence-electron chi connectivity index (χ3n) is 6.85. The van der Waals surface area contributed by atoms with Gasteiger partial charge in [-0.15, -0.1) is 0 Å². The van der Waals surface area contributed by atoms with Crippen LogP contribution in [0.4, 0.5) is 0 Å². The van der Waals surface area contributed by atoms with Crippen LogP contribution in [-0.2, 0) is 17.8 Å². The molecule has 0 fully saturated rings. The molecule has 0 unspecified atom stereocenters. The summed E-state index contributed by atoms with van der Waals surface area (Å²) in [6, 6.07) is 29.8. The molecule has 40 heavy (non-hydrogen) atoms. The molecule has 206 valence electrons. The number of nitrogens with one attached hydrogen (secondary N) is 1. The number of carbonyl (C=O) groups is 1. The minimum Gasteiger partial charge on any atom is -0.493 e.